The van der Waals surface area contributed by atoms with E-state index in [2.05, 4.69) is 15.4 Å². The van der Waals surface area contributed by atoms with Crippen molar-refractivity contribution in [2.75, 3.05) is 25.5 Å². The summed E-state index contributed by atoms with van der Waals surface area (Å²) in [7, 11) is -2.36. The van der Waals surface area contributed by atoms with Crippen molar-refractivity contribution < 1.29 is 17.9 Å². The fraction of sp³-hybridized carbons (Fsp3) is 0.435. The lowest BCUT2D eigenvalue weighted by Gasteiger charge is -2.29. The van der Waals surface area contributed by atoms with Gasteiger partial charge in [0.05, 0.1) is 7.11 Å². The van der Waals surface area contributed by atoms with Gasteiger partial charge in [0.2, 0.25) is 10.0 Å². The number of carbonyl (C=O) groups excluding carboxylic acids is 1. The van der Waals surface area contributed by atoms with Crippen molar-refractivity contribution in [2.24, 2.45) is 5.92 Å². The molecule has 7 nitrogen and oxygen atoms in total. The molecular weight excluding hydrogens is 450 g/mol. The maximum Gasteiger partial charge on any atom is 0.255 e. The molecule has 176 valence electrons. The van der Waals surface area contributed by atoms with Crippen molar-refractivity contribution in [3.05, 3.63) is 53.1 Å². The summed E-state index contributed by atoms with van der Waals surface area (Å²) in [6.45, 7) is 7.34. The van der Waals surface area contributed by atoms with Crippen molar-refractivity contribution >= 4 is 34.0 Å². The fourth-order valence-electron chi connectivity index (χ4n) is 3.93. The summed E-state index contributed by atoms with van der Waals surface area (Å²) in [4.78, 5) is 12.8. The molecule has 1 unspecified atom stereocenters. The summed E-state index contributed by atoms with van der Waals surface area (Å²) in [5.74, 6) is 0.225. The second-order valence-electron chi connectivity index (χ2n) is 8.08. The van der Waals surface area contributed by atoms with Gasteiger partial charge in [-0.3, -0.25) is 4.79 Å². The van der Waals surface area contributed by atoms with Gasteiger partial charge in [-0.15, -0.1) is 12.4 Å². The Hall–Kier alpha value is -2.13. The van der Waals surface area contributed by atoms with Crippen LogP contribution >= 0.6 is 12.4 Å². The number of aryl methyl sites for hydroxylation is 2. The molecule has 3 rings (SSSR count). The molecule has 0 radical (unpaired) electrons. The Kier molecular flexibility index (Phi) is 9.09. The van der Waals surface area contributed by atoms with Crippen LogP contribution in [-0.4, -0.2) is 40.6 Å². The quantitative estimate of drug-likeness (QED) is 0.561. The number of nitrogens with one attached hydrogen (secondary N) is 3. The molecule has 1 fully saturated rings. The molecule has 2 aromatic rings. The molecule has 3 N–H and O–H groups in total. The molecule has 1 aliphatic rings. The van der Waals surface area contributed by atoms with Gasteiger partial charge in [0.1, 0.15) is 10.6 Å². The molecule has 0 aromatic heterocycles. The number of sulfonamides is 1. The molecule has 1 atom stereocenters. The van der Waals surface area contributed by atoms with Crippen molar-refractivity contribution in [2.45, 2.75) is 44.6 Å². The number of benzene rings is 2. The molecule has 1 saturated heterocycles. The maximum absolute atomic E-state index is 13.1. The van der Waals surface area contributed by atoms with Crippen LogP contribution in [-0.2, 0) is 10.0 Å². The molecule has 1 heterocycles. The van der Waals surface area contributed by atoms with Crippen molar-refractivity contribution in [3.8, 4) is 5.75 Å². The molecule has 2 aromatic carbocycles. The maximum atomic E-state index is 13.1. The Labute approximate surface area is 196 Å². The van der Waals surface area contributed by atoms with Gasteiger partial charge in [-0.25, -0.2) is 13.1 Å². The van der Waals surface area contributed by atoms with Gasteiger partial charge in [-0.1, -0.05) is 18.2 Å². The molecule has 0 aliphatic carbocycles. The minimum absolute atomic E-state index is 0. The zero-order valence-corrected chi connectivity index (χ0v) is 20.5. The standard InChI is InChI=1S/C23H31N3O4S.ClH/c1-15-7-5-6-8-19(15)23(27)25-20-14-21(30-4)22(13-16(20)2)31(28,29)26-17(3)18-9-11-24-12-10-18;/h5-8,13-14,17-18,24,26H,9-12H2,1-4H3,(H,25,27);1H. The minimum Gasteiger partial charge on any atom is -0.495 e. The SMILES string of the molecule is COc1cc(NC(=O)c2ccccc2C)c(C)cc1S(=O)(=O)NC(C)C1CCNCC1.Cl. The highest BCUT2D eigenvalue weighted by Crippen LogP contribution is 2.31. The number of hydrogen-bond donors (Lipinski definition) is 3. The van der Waals surface area contributed by atoms with E-state index in [1.54, 1.807) is 31.2 Å². The van der Waals surface area contributed by atoms with E-state index >= 15 is 0 Å². The second-order valence-corrected chi connectivity index (χ2v) is 9.77. The lowest BCUT2D eigenvalue weighted by atomic mass is 9.92. The Balaban J connectivity index is 0.00000363. The van der Waals surface area contributed by atoms with Crippen molar-refractivity contribution in [3.63, 3.8) is 0 Å². The number of hydrogen-bond acceptors (Lipinski definition) is 5. The van der Waals surface area contributed by atoms with Gasteiger partial charge < -0.3 is 15.4 Å². The van der Waals surface area contributed by atoms with E-state index in [0.29, 0.717) is 16.8 Å². The first kappa shape index (κ1) is 26.1. The van der Waals surface area contributed by atoms with E-state index in [-0.39, 0.29) is 40.9 Å². The van der Waals surface area contributed by atoms with Crippen LogP contribution in [0.5, 0.6) is 5.75 Å². The third kappa shape index (κ3) is 6.01. The Morgan fingerprint density at radius 3 is 2.41 bits per heavy atom. The van der Waals surface area contributed by atoms with Crippen LogP contribution in [0.2, 0.25) is 0 Å². The first-order valence-electron chi connectivity index (χ1n) is 10.5. The largest absolute Gasteiger partial charge is 0.495 e. The lowest BCUT2D eigenvalue weighted by molar-refractivity contribution is 0.102. The van der Waals surface area contributed by atoms with Crippen LogP contribution in [0.25, 0.3) is 0 Å². The second kappa shape index (κ2) is 11.1. The average Bonchev–Trinajstić information content (AvgIpc) is 2.75. The number of ether oxygens (including phenoxy) is 1. The summed E-state index contributed by atoms with van der Waals surface area (Å²) in [5, 5.41) is 6.17. The smallest absolute Gasteiger partial charge is 0.255 e. The van der Waals surface area contributed by atoms with Gasteiger partial charge in [0, 0.05) is 23.4 Å². The summed E-state index contributed by atoms with van der Waals surface area (Å²) in [5.41, 5.74) is 2.57. The number of carbonyl (C=O) groups is 1. The van der Waals surface area contributed by atoms with Crippen molar-refractivity contribution in [1.82, 2.24) is 10.0 Å². The van der Waals surface area contributed by atoms with Gasteiger partial charge in [0.25, 0.3) is 5.91 Å². The third-order valence-electron chi connectivity index (χ3n) is 5.87. The number of amides is 1. The molecule has 0 bridgehead atoms. The van der Waals surface area contributed by atoms with Crippen LogP contribution in [0, 0.1) is 19.8 Å². The zero-order valence-electron chi connectivity index (χ0n) is 18.9. The van der Waals surface area contributed by atoms with E-state index in [1.807, 2.05) is 26.0 Å². The van der Waals surface area contributed by atoms with Crippen LogP contribution in [0.4, 0.5) is 5.69 Å². The molecule has 32 heavy (non-hydrogen) atoms. The minimum atomic E-state index is -3.79. The highest BCUT2D eigenvalue weighted by molar-refractivity contribution is 7.89. The number of piperidine rings is 1. The van der Waals surface area contributed by atoms with Crippen LogP contribution in [0.15, 0.2) is 41.3 Å². The van der Waals surface area contributed by atoms with Gasteiger partial charge in [0.15, 0.2) is 0 Å². The highest BCUT2D eigenvalue weighted by atomic mass is 35.5. The first-order chi connectivity index (χ1) is 14.7. The van der Waals surface area contributed by atoms with E-state index in [0.717, 1.165) is 31.5 Å². The molecule has 9 heteroatoms. The normalized spacial score (nSPS) is 15.5. The zero-order chi connectivity index (χ0) is 22.6. The van der Waals surface area contributed by atoms with E-state index in [9.17, 15) is 13.2 Å². The first-order valence-corrected chi connectivity index (χ1v) is 12.0. The predicted molar refractivity (Wildman–Crippen MR) is 129 cm³/mol. The topological polar surface area (TPSA) is 96.5 Å². The predicted octanol–water partition coefficient (Wildman–Crippen LogP) is 3.65. The highest BCUT2D eigenvalue weighted by Gasteiger charge is 2.28. The number of halogens is 1. The van der Waals surface area contributed by atoms with Gasteiger partial charge >= 0.3 is 0 Å². The summed E-state index contributed by atoms with van der Waals surface area (Å²) in [6, 6.07) is 10.2. The van der Waals surface area contributed by atoms with E-state index in [4.69, 9.17) is 4.74 Å². The summed E-state index contributed by atoms with van der Waals surface area (Å²) >= 11 is 0. The van der Waals surface area contributed by atoms with E-state index in [1.165, 1.54) is 7.11 Å². The van der Waals surface area contributed by atoms with Gasteiger partial charge in [-0.05, 0) is 75.9 Å². The summed E-state index contributed by atoms with van der Waals surface area (Å²) in [6.07, 6.45) is 1.87. The molecule has 1 aliphatic heterocycles. The number of methoxy groups -OCH3 is 1. The Bertz CT molecular complexity index is 1050. The molecule has 0 spiro atoms. The number of anilines is 1. The monoisotopic (exact) mass is 481 g/mol. The molecule has 1 amide bonds. The van der Waals surface area contributed by atoms with Crippen LogP contribution < -0.4 is 20.1 Å². The van der Waals surface area contributed by atoms with Crippen LogP contribution in [0.3, 0.4) is 0 Å². The van der Waals surface area contributed by atoms with Crippen molar-refractivity contribution in [1.29, 1.82) is 0 Å². The van der Waals surface area contributed by atoms with Gasteiger partial charge in [-0.2, -0.15) is 0 Å². The summed E-state index contributed by atoms with van der Waals surface area (Å²) < 4.78 is 34.4. The molecular formula is C23H32ClN3O4S. The fourth-order valence-corrected chi connectivity index (χ4v) is 5.48. The van der Waals surface area contributed by atoms with E-state index < -0.39 is 10.0 Å². The molecule has 0 saturated carbocycles. The Morgan fingerprint density at radius 1 is 1.12 bits per heavy atom. The van der Waals surface area contributed by atoms with Crippen LogP contribution in [0.1, 0.15) is 41.3 Å². The lowest BCUT2D eigenvalue weighted by Crippen LogP contribution is -2.42. The third-order valence-corrected chi connectivity index (χ3v) is 7.45. The average molecular weight is 482 g/mol. The number of rotatable bonds is 7. The Morgan fingerprint density at radius 2 is 1.78 bits per heavy atom.